The molecule has 23 heavy (non-hydrogen) atoms. The van der Waals surface area contributed by atoms with Crippen molar-refractivity contribution in [1.82, 2.24) is 10.2 Å². The first-order chi connectivity index (χ1) is 10.9. The van der Waals surface area contributed by atoms with Crippen LogP contribution in [0.5, 0.6) is 0 Å². The van der Waals surface area contributed by atoms with E-state index in [0.29, 0.717) is 29.4 Å². The van der Waals surface area contributed by atoms with Crippen LogP contribution in [0.1, 0.15) is 44.2 Å². The van der Waals surface area contributed by atoms with Gasteiger partial charge < -0.3 is 10.2 Å². The Labute approximate surface area is 147 Å². The van der Waals surface area contributed by atoms with Gasteiger partial charge in [-0.3, -0.25) is 9.59 Å². The summed E-state index contributed by atoms with van der Waals surface area (Å²) in [7, 11) is 1.76. The predicted molar refractivity (Wildman–Crippen MR) is 92.6 cm³/mol. The zero-order valence-corrected chi connectivity index (χ0v) is 15.0. The summed E-state index contributed by atoms with van der Waals surface area (Å²) in [6.07, 6.45) is 3.03. The molecule has 0 aliphatic heterocycles. The second kappa shape index (κ2) is 8.02. The molecule has 0 bridgehead atoms. The van der Waals surface area contributed by atoms with Crippen molar-refractivity contribution >= 4 is 35.0 Å². The van der Waals surface area contributed by atoms with Gasteiger partial charge in [-0.15, -0.1) is 0 Å². The summed E-state index contributed by atoms with van der Waals surface area (Å²) in [4.78, 5) is 25.5. The van der Waals surface area contributed by atoms with Crippen molar-refractivity contribution in [3.63, 3.8) is 0 Å². The molecule has 0 saturated heterocycles. The topological polar surface area (TPSA) is 49.4 Å². The third-order valence-electron chi connectivity index (χ3n) is 4.20. The highest BCUT2D eigenvalue weighted by atomic mass is 35.5. The minimum Gasteiger partial charge on any atom is -0.356 e. The van der Waals surface area contributed by atoms with Crippen molar-refractivity contribution in [2.24, 2.45) is 5.92 Å². The van der Waals surface area contributed by atoms with Gasteiger partial charge in [-0.05, 0) is 43.9 Å². The van der Waals surface area contributed by atoms with Gasteiger partial charge in [-0.25, -0.2) is 0 Å². The lowest BCUT2D eigenvalue weighted by molar-refractivity contribution is -0.132. The molecular weight excluding hydrogens is 335 g/mol. The average Bonchev–Trinajstić information content (AvgIpc) is 3.34. The summed E-state index contributed by atoms with van der Waals surface area (Å²) in [5.41, 5.74) is 0.869. The van der Waals surface area contributed by atoms with Crippen molar-refractivity contribution in [3.8, 4) is 0 Å². The summed E-state index contributed by atoms with van der Waals surface area (Å²) in [6.45, 7) is 2.48. The maximum absolute atomic E-state index is 12.3. The number of carbonyl (C=O) groups is 2. The Kier molecular flexibility index (Phi) is 6.31. The predicted octanol–water partition coefficient (Wildman–Crippen LogP) is 3.82. The molecule has 0 heterocycles. The van der Waals surface area contributed by atoms with Gasteiger partial charge in [0.15, 0.2) is 0 Å². The van der Waals surface area contributed by atoms with E-state index in [2.05, 4.69) is 5.32 Å². The molecule has 1 aromatic rings. The van der Waals surface area contributed by atoms with E-state index in [1.54, 1.807) is 24.1 Å². The first kappa shape index (κ1) is 18.1. The van der Waals surface area contributed by atoms with E-state index in [1.165, 1.54) is 0 Å². The van der Waals surface area contributed by atoms with Gasteiger partial charge in [0.2, 0.25) is 11.8 Å². The molecule has 0 aromatic heterocycles. The Morgan fingerprint density at radius 3 is 2.65 bits per heavy atom. The zero-order chi connectivity index (χ0) is 17.0. The fourth-order valence-electron chi connectivity index (χ4n) is 2.38. The van der Waals surface area contributed by atoms with Crippen molar-refractivity contribution in [2.75, 3.05) is 13.6 Å². The molecule has 4 nitrogen and oxygen atoms in total. The second-order valence-electron chi connectivity index (χ2n) is 6.02. The van der Waals surface area contributed by atoms with E-state index in [-0.39, 0.29) is 23.8 Å². The number of halogens is 2. The standard InChI is InChI=1S/C17H22Cl2N2O2/c1-11(14-8-7-13(18)10-15(14)19)21(2)16(22)4-3-9-20-17(23)12-5-6-12/h7-8,10-12H,3-6,9H2,1-2H3,(H,20,23). The highest BCUT2D eigenvalue weighted by Gasteiger charge is 2.29. The monoisotopic (exact) mass is 356 g/mol. The van der Waals surface area contributed by atoms with Crippen LogP contribution >= 0.6 is 23.2 Å². The maximum Gasteiger partial charge on any atom is 0.223 e. The Morgan fingerprint density at radius 1 is 1.35 bits per heavy atom. The van der Waals surface area contributed by atoms with E-state index < -0.39 is 0 Å². The molecule has 0 spiro atoms. The van der Waals surface area contributed by atoms with Crippen molar-refractivity contribution < 1.29 is 9.59 Å². The van der Waals surface area contributed by atoms with E-state index in [0.717, 1.165) is 18.4 Å². The van der Waals surface area contributed by atoms with Crippen molar-refractivity contribution in [2.45, 2.75) is 38.6 Å². The van der Waals surface area contributed by atoms with Crippen LogP contribution in [-0.2, 0) is 9.59 Å². The minimum atomic E-state index is -0.131. The number of hydrogen-bond donors (Lipinski definition) is 1. The number of carbonyl (C=O) groups excluding carboxylic acids is 2. The molecule has 1 saturated carbocycles. The molecule has 2 amide bonds. The largest absolute Gasteiger partial charge is 0.356 e. The van der Waals surface area contributed by atoms with Gasteiger partial charge >= 0.3 is 0 Å². The van der Waals surface area contributed by atoms with Gasteiger partial charge in [0.05, 0.1) is 6.04 Å². The number of nitrogens with one attached hydrogen (secondary N) is 1. The van der Waals surface area contributed by atoms with Gasteiger partial charge in [0.1, 0.15) is 0 Å². The average molecular weight is 357 g/mol. The first-order valence-corrected chi connectivity index (χ1v) is 8.64. The van der Waals surface area contributed by atoms with E-state index >= 15 is 0 Å². The lowest BCUT2D eigenvalue weighted by Gasteiger charge is -2.26. The molecule has 0 radical (unpaired) electrons. The van der Waals surface area contributed by atoms with Gasteiger partial charge in [-0.1, -0.05) is 29.3 Å². The Morgan fingerprint density at radius 2 is 2.04 bits per heavy atom. The summed E-state index contributed by atoms with van der Waals surface area (Å²) < 4.78 is 0. The minimum absolute atomic E-state index is 0.0317. The Hall–Kier alpha value is -1.26. The highest BCUT2D eigenvalue weighted by molar-refractivity contribution is 6.35. The second-order valence-corrected chi connectivity index (χ2v) is 6.86. The summed E-state index contributed by atoms with van der Waals surface area (Å²) in [5, 5.41) is 4.00. The Bertz CT molecular complexity index is 588. The molecule has 1 atom stereocenters. The third kappa shape index (κ3) is 5.11. The van der Waals surface area contributed by atoms with Crippen LogP contribution in [0.2, 0.25) is 10.0 Å². The lowest BCUT2D eigenvalue weighted by Crippen LogP contribution is -2.31. The molecule has 1 aromatic carbocycles. The molecule has 1 unspecified atom stereocenters. The zero-order valence-electron chi connectivity index (χ0n) is 13.4. The van der Waals surface area contributed by atoms with E-state index in [4.69, 9.17) is 23.2 Å². The molecular formula is C17H22Cl2N2O2. The fraction of sp³-hybridized carbons (Fsp3) is 0.529. The van der Waals surface area contributed by atoms with Crippen LogP contribution < -0.4 is 5.32 Å². The molecule has 1 aliphatic rings. The number of nitrogens with zero attached hydrogens (tertiary/aromatic N) is 1. The lowest BCUT2D eigenvalue weighted by atomic mass is 10.1. The van der Waals surface area contributed by atoms with Gasteiger partial charge in [0.25, 0.3) is 0 Å². The molecule has 1 fully saturated rings. The van der Waals surface area contributed by atoms with Crippen LogP contribution in [0, 0.1) is 5.92 Å². The smallest absolute Gasteiger partial charge is 0.223 e. The normalized spacial score (nSPS) is 15.1. The molecule has 1 N–H and O–H groups in total. The molecule has 6 heteroatoms. The molecule has 1 aliphatic carbocycles. The van der Waals surface area contributed by atoms with Crippen LogP contribution in [0.15, 0.2) is 18.2 Å². The van der Waals surface area contributed by atoms with Crippen LogP contribution in [0.3, 0.4) is 0 Å². The van der Waals surface area contributed by atoms with Gasteiger partial charge in [-0.2, -0.15) is 0 Å². The number of rotatable bonds is 7. The SMILES string of the molecule is CC(c1ccc(Cl)cc1Cl)N(C)C(=O)CCCNC(=O)C1CC1. The quantitative estimate of drug-likeness (QED) is 0.755. The van der Waals surface area contributed by atoms with Crippen LogP contribution in [0.4, 0.5) is 0 Å². The number of hydrogen-bond acceptors (Lipinski definition) is 2. The van der Waals surface area contributed by atoms with Crippen molar-refractivity contribution in [3.05, 3.63) is 33.8 Å². The first-order valence-electron chi connectivity index (χ1n) is 7.88. The fourth-order valence-corrected chi connectivity index (χ4v) is 2.95. The molecule has 126 valence electrons. The molecule has 2 rings (SSSR count). The van der Waals surface area contributed by atoms with Crippen LogP contribution in [0.25, 0.3) is 0 Å². The summed E-state index contributed by atoms with van der Waals surface area (Å²) in [6, 6.07) is 5.16. The van der Waals surface area contributed by atoms with Crippen molar-refractivity contribution in [1.29, 1.82) is 0 Å². The summed E-state index contributed by atoms with van der Waals surface area (Å²) >= 11 is 12.1. The number of amides is 2. The Balaban J connectivity index is 1.79. The van der Waals surface area contributed by atoms with E-state index in [9.17, 15) is 9.59 Å². The van der Waals surface area contributed by atoms with Crippen LogP contribution in [-0.4, -0.2) is 30.3 Å². The van der Waals surface area contributed by atoms with E-state index in [1.807, 2.05) is 13.0 Å². The number of benzene rings is 1. The maximum atomic E-state index is 12.3. The highest BCUT2D eigenvalue weighted by Crippen LogP contribution is 2.30. The third-order valence-corrected chi connectivity index (χ3v) is 4.76. The van der Waals surface area contributed by atoms with Gasteiger partial charge in [0, 0.05) is 36.0 Å². The summed E-state index contributed by atoms with van der Waals surface area (Å²) in [5.74, 6) is 0.358.